The number of unbranched alkanes of at least 4 members (excludes halogenated alkanes) is 10. The van der Waals surface area contributed by atoms with Crippen molar-refractivity contribution in [2.24, 2.45) is 0 Å². The van der Waals surface area contributed by atoms with Crippen LogP contribution in [0.3, 0.4) is 0 Å². The summed E-state index contributed by atoms with van der Waals surface area (Å²) in [5.41, 5.74) is 1.12. The highest BCUT2D eigenvalue weighted by atomic mass is 16.7. The lowest BCUT2D eigenvalue weighted by molar-refractivity contribution is 0.00578. The van der Waals surface area contributed by atoms with Crippen molar-refractivity contribution < 1.29 is 18.6 Å². The van der Waals surface area contributed by atoms with E-state index >= 15 is 0 Å². The van der Waals surface area contributed by atoms with Gasteiger partial charge in [-0.2, -0.15) is 0 Å². The number of allylic oxidation sites excluding steroid dienone is 2. The van der Waals surface area contributed by atoms with Gasteiger partial charge in [-0.3, -0.25) is 0 Å². The van der Waals surface area contributed by atoms with Crippen molar-refractivity contribution in [3.8, 4) is 0 Å². The first-order valence-electron chi connectivity index (χ1n) is 15.2. The van der Waals surface area contributed by atoms with Crippen molar-refractivity contribution in [2.45, 2.75) is 182 Å². The van der Waals surface area contributed by atoms with Crippen LogP contribution < -0.4 is 0 Å². The minimum atomic E-state index is -0.356. The Kier molecular flexibility index (Phi) is 12.1. The fourth-order valence-electron chi connectivity index (χ4n) is 5.02. The standard InChI is InChI=1S/C30H58B2O4/c1-11-13-15-17-19-21-23-25(31-33-27(3,4)28(5,6)34-31)26(24-22-20-18-16-14-12-2)32-35-29(7,8)30(9,10)36-32/h11-24H2,1-10H3. The molecule has 0 bridgehead atoms. The summed E-state index contributed by atoms with van der Waals surface area (Å²) in [5.74, 6) is 0. The SMILES string of the molecule is CCCCCCCCC(B1OC(C)(C)C(C)(C)O1)=C(CCCCCCCC)B1OC(C)(C)C(C)(C)O1. The molecule has 4 nitrogen and oxygen atoms in total. The van der Waals surface area contributed by atoms with E-state index < -0.39 is 0 Å². The zero-order valence-electron chi connectivity index (χ0n) is 25.7. The topological polar surface area (TPSA) is 36.9 Å². The zero-order valence-corrected chi connectivity index (χ0v) is 25.7. The summed E-state index contributed by atoms with van der Waals surface area (Å²) >= 11 is 0. The first-order valence-corrected chi connectivity index (χ1v) is 15.2. The molecule has 0 saturated carbocycles. The number of hydrogen-bond acceptors (Lipinski definition) is 4. The molecule has 6 heteroatoms. The summed E-state index contributed by atoms with van der Waals surface area (Å²) in [6, 6.07) is 0. The molecule has 0 aromatic heterocycles. The van der Waals surface area contributed by atoms with E-state index in [0.29, 0.717) is 0 Å². The van der Waals surface area contributed by atoms with Gasteiger partial charge in [0.05, 0.1) is 22.4 Å². The molecule has 0 aliphatic carbocycles. The molecule has 0 unspecified atom stereocenters. The van der Waals surface area contributed by atoms with Gasteiger partial charge < -0.3 is 18.6 Å². The third-order valence-corrected chi connectivity index (χ3v) is 9.09. The van der Waals surface area contributed by atoms with E-state index in [1.165, 1.54) is 75.2 Å². The predicted molar refractivity (Wildman–Crippen MR) is 155 cm³/mol. The van der Waals surface area contributed by atoms with Crippen LogP contribution in [0.2, 0.25) is 0 Å². The summed E-state index contributed by atoms with van der Waals surface area (Å²) in [4.78, 5) is 0. The molecule has 0 radical (unpaired) electrons. The van der Waals surface area contributed by atoms with Crippen molar-refractivity contribution >= 4 is 14.2 Å². The van der Waals surface area contributed by atoms with Gasteiger partial charge in [0.1, 0.15) is 0 Å². The first-order chi connectivity index (χ1) is 16.8. The van der Waals surface area contributed by atoms with Crippen LogP contribution in [0.25, 0.3) is 0 Å². The molecule has 36 heavy (non-hydrogen) atoms. The molecule has 0 amide bonds. The van der Waals surface area contributed by atoms with Gasteiger partial charge in [0, 0.05) is 0 Å². The molecule has 2 aliphatic heterocycles. The molecule has 2 rings (SSSR count). The zero-order chi connectivity index (χ0) is 27.0. The van der Waals surface area contributed by atoms with Crippen LogP contribution in [-0.2, 0) is 18.6 Å². The van der Waals surface area contributed by atoms with Crippen molar-refractivity contribution in [1.82, 2.24) is 0 Å². The monoisotopic (exact) mass is 504 g/mol. The first kappa shape index (κ1) is 31.9. The number of rotatable bonds is 16. The fourth-order valence-corrected chi connectivity index (χ4v) is 5.02. The second-order valence-corrected chi connectivity index (χ2v) is 13.3. The van der Waals surface area contributed by atoms with Crippen molar-refractivity contribution in [3.63, 3.8) is 0 Å². The lowest BCUT2D eigenvalue weighted by Gasteiger charge is -2.32. The molecule has 0 aromatic carbocycles. The Morgan fingerprint density at radius 2 is 0.667 bits per heavy atom. The van der Waals surface area contributed by atoms with Crippen LogP contribution in [0, 0.1) is 0 Å². The van der Waals surface area contributed by atoms with Gasteiger partial charge >= 0.3 is 14.2 Å². The number of hydrogen-bond donors (Lipinski definition) is 0. The molecule has 208 valence electrons. The second kappa shape index (κ2) is 13.7. The Morgan fingerprint density at radius 1 is 0.417 bits per heavy atom. The van der Waals surface area contributed by atoms with E-state index in [2.05, 4.69) is 69.2 Å². The molecular formula is C30H58B2O4. The van der Waals surface area contributed by atoms with E-state index in [-0.39, 0.29) is 36.6 Å². The Bertz CT molecular complexity index is 609. The van der Waals surface area contributed by atoms with Gasteiger partial charge in [-0.25, -0.2) is 0 Å². The second-order valence-electron chi connectivity index (χ2n) is 13.3. The molecule has 0 atom stereocenters. The molecule has 2 fully saturated rings. The van der Waals surface area contributed by atoms with E-state index in [4.69, 9.17) is 18.6 Å². The van der Waals surface area contributed by atoms with Gasteiger partial charge in [0.2, 0.25) is 0 Å². The highest BCUT2D eigenvalue weighted by molar-refractivity contribution is 6.62. The highest BCUT2D eigenvalue weighted by Gasteiger charge is 2.56. The molecule has 0 spiro atoms. The third kappa shape index (κ3) is 8.35. The quantitative estimate of drug-likeness (QED) is 0.155. The Morgan fingerprint density at radius 3 is 0.944 bits per heavy atom. The Hall–Kier alpha value is -0.290. The fraction of sp³-hybridized carbons (Fsp3) is 0.933. The normalized spacial score (nSPS) is 22.8. The van der Waals surface area contributed by atoms with Crippen LogP contribution in [0.15, 0.2) is 10.9 Å². The smallest absolute Gasteiger partial charge is 0.400 e. The molecule has 0 aromatic rings. The van der Waals surface area contributed by atoms with Crippen LogP contribution in [-0.4, -0.2) is 36.6 Å². The minimum absolute atomic E-state index is 0.334. The van der Waals surface area contributed by atoms with Gasteiger partial charge in [0.25, 0.3) is 0 Å². The van der Waals surface area contributed by atoms with Gasteiger partial charge in [-0.1, -0.05) is 90.9 Å². The van der Waals surface area contributed by atoms with E-state index in [1.54, 1.807) is 0 Å². The van der Waals surface area contributed by atoms with Crippen LogP contribution >= 0.6 is 0 Å². The van der Waals surface area contributed by atoms with Crippen molar-refractivity contribution in [3.05, 3.63) is 10.9 Å². The van der Waals surface area contributed by atoms with E-state index in [1.807, 2.05) is 0 Å². The highest BCUT2D eigenvalue weighted by Crippen LogP contribution is 2.44. The maximum atomic E-state index is 6.63. The van der Waals surface area contributed by atoms with Crippen molar-refractivity contribution in [2.75, 3.05) is 0 Å². The predicted octanol–water partition coefficient (Wildman–Crippen LogP) is 9.05. The van der Waals surface area contributed by atoms with Crippen LogP contribution in [0.1, 0.15) is 159 Å². The lowest BCUT2D eigenvalue weighted by Crippen LogP contribution is -2.41. The van der Waals surface area contributed by atoms with E-state index in [0.717, 1.165) is 25.7 Å². The molecule has 2 heterocycles. The molecule has 0 N–H and O–H groups in total. The average molecular weight is 504 g/mol. The summed E-state index contributed by atoms with van der Waals surface area (Å²) in [5, 5.41) is 0. The summed E-state index contributed by atoms with van der Waals surface area (Å²) in [6.45, 7) is 21.8. The van der Waals surface area contributed by atoms with Crippen molar-refractivity contribution in [1.29, 1.82) is 0 Å². The van der Waals surface area contributed by atoms with Gasteiger partial charge in [0.15, 0.2) is 0 Å². The Labute approximate surface area is 225 Å². The maximum absolute atomic E-state index is 6.63. The van der Waals surface area contributed by atoms with Gasteiger partial charge in [-0.05, 0) is 79.2 Å². The molecule has 2 aliphatic rings. The maximum Gasteiger partial charge on any atom is 0.489 e. The lowest BCUT2D eigenvalue weighted by atomic mass is 9.61. The summed E-state index contributed by atoms with van der Waals surface area (Å²) in [7, 11) is -0.667. The summed E-state index contributed by atoms with van der Waals surface area (Å²) in [6.07, 6.45) is 17.2. The average Bonchev–Trinajstić information content (AvgIpc) is 3.12. The third-order valence-electron chi connectivity index (χ3n) is 9.09. The minimum Gasteiger partial charge on any atom is -0.400 e. The molecular weight excluding hydrogens is 446 g/mol. The van der Waals surface area contributed by atoms with Gasteiger partial charge in [-0.15, -0.1) is 0 Å². The summed E-state index contributed by atoms with van der Waals surface area (Å²) < 4.78 is 26.5. The largest absolute Gasteiger partial charge is 0.489 e. The Balaban J connectivity index is 2.32. The van der Waals surface area contributed by atoms with E-state index in [9.17, 15) is 0 Å². The van der Waals surface area contributed by atoms with Crippen LogP contribution in [0.5, 0.6) is 0 Å². The van der Waals surface area contributed by atoms with Crippen LogP contribution in [0.4, 0.5) is 0 Å². The molecule has 2 saturated heterocycles.